The van der Waals surface area contributed by atoms with Crippen molar-refractivity contribution < 1.29 is 9.90 Å². The fraction of sp³-hybridized carbons (Fsp3) is 0. The zero-order chi connectivity index (χ0) is 16.2. The first-order chi connectivity index (χ1) is 11.1. The summed E-state index contributed by atoms with van der Waals surface area (Å²) in [5.41, 5.74) is 1.63. The minimum absolute atomic E-state index is 0.101. The van der Waals surface area contributed by atoms with Crippen LogP contribution in [0.5, 0.6) is 5.75 Å². The first kappa shape index (κ1) is 15.5. The minimum atomic E-state index is -0.177. The number of amides is 1. The Kier molecular flexibility index (Phi) is 4.60. The standard InChI is InChI=1S/C18H13NO2S2/c20-15-10-5-9-14(12-15)19-17(21)16(23-18(19)22)11-4-8-13-6-2-1-3-7-13/h1-12,20H. The Balaban J connectivity index is 1.81. The highest BCUT2D eigenvalue weighted by molar-refractivity contribution is 8.27. The third kappa shape index (κ3) is 3.52. The molecule has 0 unspecified atom stereocenters. The van der Waals surface area contributed by atoms with E-state index in [1.165, 1.54) is 22.7 Å². The molecular weight excluding hydrogens is 326 g/mol. The van der Waals surface area contributed by atoms with E-state index in [4.69, 9.17) is 12.2 Å². The molecule has 0 aliphatic carbocycles. The fourth-order valence-electron chi connectivity index (χ4n) is 2.15. The molecule has 1 aliphatic rings. The van der Waals surface area contributed by atoms with Gasteiger partial charge in [0.05, 0.1) is 10.6 Å². The number of phenols is 1. The first-order valence-electron chi connectivity index (χ1n) is 6.94. The Hall–Kier alpha value is -2.37. The van der Waals surface area contributed by atoms with Crippen LogP contribution >= 0.6 is 24.0 Å². The molecule has 23 heavy (non-hydrogen) atoms. The molecule has 0 aromatic heterocycles. The van der Waals surface area contributed by atoms with Gasteiger partial charge in [-0.2, -0.15) is 0 Å². The Morgan fingerprint density at radius 2 is 1.87 bits per heavy atom. The molecule has 0 atom stereocenters. The molecule has 0 saturated carbocycles. The van der Waals surface area contributed by atoms with Gasteiger partial charge < -0.3 is 5.11 Å². The second-order valence-corrected chi connectivity index (χ2v) is 6.50. The van der Waals surface area contributed by atoms with Crippen molar-refractivity contribution in [3.63, 3.8) is 0 Å². The SMILES string of the molecule is O=C1C(=CC=Cc2ccccc2)SC(=S)N1c1cccc(O)c1. The number of anilines is 1. The molecule has 0 bridgehead atoms. The van der Waals surface area contributed by atoms with Crippen LogP contribution in [0.3, 0.4) is 0 Å². The van der Waals surface area contributed by atoms with Crippen molar-refractivity contribution in [3.05, 3.63) is 77.2 Å². The molecule has 1 amide bonds. The molecular formula is C18H13NO2S2. The van der Waals surface area contributed by atoms with E-state index >= 15 is 0 Å². The Morgan fingerprint density at radius 3 is 2.61 bits per heavy atom. The maximum Gasteiger partial charge on any atom is 0.270 e. The Labute approximate surface area is 143 Å². The normalized spacial score (nSPS) is 16.7. The van der Waals surface area contributed by atoms with E-state index in [1.807, 2.05) is 42.5 Å². The van der Waals surface area contributed by atoms with Crippen molar-refractivity contribution in [2.75, 3.05) is 4.90 Å². The summed E-state index contributed by atoms with van der Waals surface area (Å²) >= 11 is 6.54. The lowest BCUT2D eigenvalue weighted by Gasteiger charge is -2.14. The smallest absolute Gasteiger partial charge is 0.270 e. The van der Waals surface area contributed by atoms with Crippen molar-refractivity contribution in [2.45, 2.75) is 0 Å². The highest BCUT2D eigenvalue weighted by Gasteiger charge is 2.32. The van der Waals surface area contributed by atoms with Crippen molar-refractivity contribution >= 4 is 46.0 Å². The van der Waals surface area contributed by atoms with Crippen LogP contribution < -0.4 is 4.90 Å². The zero-order valence-corrected chi connectivity index (χ0v) is 13.7. The largest absolute Gasteiger partial charge is 0.508 e. The number of phenolic OH excluding ortho intramolecular Hbond substituents is 1. The van der Waals surface area contributed by atoms with Gasteiger partial charge >= 0.3 is 0 Å². The van der Waals surface area contributed by atoms with E-state index in [2.05, 4.69) is 0 Å². The highest BCUT2D eigenvalue weighted by atomic mass is 32.2. The number of nitrogens with zero attached hydrogens (tertiary/aromatic N) is 1. The summed E-state index contributed by atoms with van der Waals surface area (Å²) in [6, 6.07) is 16.4. The van der Waals surface area contributed by atoms with Gasteiger partial charge in [0.2, 0.25) is 0 Å². The molecule has 114 valence electrons. The topological polar surface area (TPSA) is 40.5 Å². The number of hydrogen-bond acceptors (Lipinski definition) is 4. The number of benzene rings is 2. The number of hydrogen-bond donors (Lipinski definition) is 1. The molecule has 1 heterocycles. The summed E-state index contributed by atoms with van der Waals surface area (Å²) in [5, 5.41) is 9.57. The number of aromatic hydroxyl groups is 1. The Morgan fingerprint density at radius 1 is 1.09 bits per heavy atom. The van der Waals surface area contributed by atoms with E-state index in [-0.39, 0.29) is 11.7 Å². The summed E-state index contributed by atoms with van der Waals surface area (Å²) in [5.74, 6) is -0.0761. The predicted molar refractivity (Wildman–Crippen MR) is 99.3 cm³/mol. The molecule has 0 radical (unpaired) electrons. The van der Waals surface area contributed by atoms with Crippen LogP contribution in [0.2, 0.25) is 0 Å². The lowest BCUT2D eigenvalue weighted by Crippen LogP contribution is -2.27. The summed E-state index contributed by atoms with van der Waals surface area (Å²) in [6.45, 7) is 0. The maximum atomic E-state index is 12.5. The number of allylic oxidation sites excluding steroid dienone is 2. The van der Waals surface area contributed by atoms with Crippen LogP contribution in [0.1, 0.15) is 5.56 Å². The molecule has 2 aromatic rings. The monoisotopic (exact) mass is 339 g/mol. The van der Waals surface area contributed by atoms with Crippen LogP contribution in [-0.4, -0.2) is 15.3 Å². The molecule has 5 heteroatoms. The van der Waals surface area contributed by atoms with E-state index in [0.29, 0.717) is 14.9 Å². The third-order valence-corrected chi connectivity index (χ3v) is 4.54. The van der Waals surface area contributed by atoms with Gasteiger partial charge in [-0.15, -0.1) is 0 Å². The van der Waals surface area contributed by atoms with Crippen molar-refractivity contribution in [1.29, 1.82) is 0 Å². The van der Waals surface area contributed by atoms with E-state index in [1.54, 1.807) is 24.3 Å². The Bertz CT molecular complexity index is 813. The maximum absolute atomic E-state index is 12.5. The second-order valence-electron chi connectivity index (χ2n) is 4.83. The number of carbonyl (C=O) groups excluding carboxylic acids is 1. The van der Waals surface area contributed by atoms with Crippen molar-refractivity contribution in [1.82, 2.24) is 0 Å². The summed E-state index contributed by atoms with van der Waals surface area (Å²) in [7, 11) is 0. The highest BCUT2D eigenvalue weighted by Crippen LogP contribution is 2.35. The lowest BCUT2D eigenvalue weighted by atomic mass is 10.2. The van der Waals surface area contributed by atoms with Gasteiger partial charge in [-0.1, -0.05) is 72.5 Å². The molecule has 3 nitrogen and oxygen atoms in total. The fourth-order valence-corrected chi connectivity index (χ4v) is 3.40. The quantitative estimate of drug-likeness (QED) is 0.666. The van der Waals surface area contributed by atoms with Crippen LogP contribution in [-0.2, 0) is 4.79 Å². The van der Waals surface area contributed by atoms with E-state index in [0.717, 1.165) is 5.56 Å². The minimum Gasteiger partial charge on any atom is -0.508 e. The van der Waals surface area contributed by atoms with Gasteiger partial charge in [-0.05, 0) is 23.8 Å². The molecule has 1 aliphatic heterocycles. The zero-order valence-electron chi connectivity index (χ0n) is 12.0. The molecule has 1 saturated heterocycles. The lowest BCUT2D eigenvalue weighted by molar-refractivity contribution is -0.113. The van der Waals surface area contributed by atoms with Crippen molar-refractivity contribution in [2.24, 2.45) is 0 Å². The average Bonchev–Trinajstić information content (AvgIpc) is 2.82. The predicted octanol–water partition coefficient (Wildman–Crippen LogP) is 4.35. The molecule has 1 fully saturated rings. The number of thiocarbonyl (C=S) groups is 1. The third-order valence-electron chi connectivity index (χ3n) is 3.22. The van der Waals surface area contributed by atoms with E-state index in [9.17, 15) is 9.90 Å². The van der Waals surface area contributed by atoms with Crippen LogP contribution in [0.25, 0.3) is 6.08 Å². The van der Waals surface area contributed by atoms with Gasteiger partial charge in [0.25, 0.3) is 5.91 Å². The van der Waals surface area contributed by atoms with Gasteiger partial charge in [-0.3, -0.25) is 9.69 Å². The molecule has 3 rings (SSSR count). The summed E-state index contributed by atoms with van der Waals surface area (Å²) in [6.07, 6.45) is 5.53. The van der Waals surface area contributed by atoms with Gasteiger partial charge in [0, 0.05) is 6.07 Å². The van der Waals surface area contributed by atoms with Crippen LogP contribution in [0, 0.1) is 0 Å². The van der Waals surface area contributed by atoms with Gasteiger partial charge in [-0.25, -0.2) is 0 Å². The second kappa shape index (κ2) is 6.81. The van der Waals surface area contributed by atoms with Crippen LogP contribution in [0.4, 0.5) is 5.69 Å². The van der Waals surface area contributed by atoms with Crippen LogP contribution in [0.15, 0.2) is 71.7 Å². The number of carbonyl (C=O) groups is 1. The van der Waals surface area contributed by atoms with E-state index < -0.39 is 0 Å². The summed E-state index contributed by atoms with van der Waals surface area (Å²) < 4.78 is 0.458. The summed E-state index contributed by atoms with van der Waals surface area (Å²) in [4.78, 5) is 14.5. The first-order valence-corrected chi connectivity index (χ1v) is 8.16. The molecule has 1 N–H and O–H groups in total. The average molecular weight is 339 g/mol. The molecule has 0 spiro atoms. The number of rotatable bonds is 3. The molecule has 2 aromatic carbocycles. The van der Waals surface area contributed by atoms with Gasteiger partial charge in [0.15, 0.2) is 4.32 Å². The van der Waals surface area contributed by atoms with Gasteiger partial charge in [0.1, 0.15) is 5.75 Å². The number of thioether (sulfide) groups is 1. The van der Waals surface area contributed by atoms with Crippen molar-refractivity contribution in [3.8, 4) is 5.75 Å².